The molecule has 1 heterocycles. The second-order valence-corrected chi connectivity index (χ2v) is 8.29. The van der Waals surface area contributed by atoms with Gasteiger partial charge in [-0.2, -0.15) is 0 Å². The Balaban J connectivity index is 1.65. The summed E-state index contributed by atoms with van der Waals surface area (Å²) in [5.41, 5.74) is 3.17. The molecule has 32 heavy (non-hydrogen) atoms. The molecule has 0 aliphatic heterocycles. The summed E-state index contributed by atoms with van der Waals surface area (Å²) in [4.78, 5) is 27.6. The zero-order valence-corrected chi connectivity index (χ0v) is 18.6. The standard InChI is InChI=1S/C23H17Cl2N3O4/c1-12(2)13-4-8-21-19(9-13)27-23(32-21)16-11-15(5-7-17(16)24)26-22(29)14-3-6-18(25)20(10-14)28(30)31/h3-12H,1-2H3,(H,26,29). The molecule has 0 radical (unpaired) electrons. The van der Waals surface area contributed by atoms with Crippen molar-refractivity contribution in [1.82, 2.24) is 4.98 Å². The molecule has 0 atom stereocenters. The van der Waals surface area contributed by atoms with E-state index in [9.17, 15) is 14.9 Å². The Morgan fingerprint density at radius 3 is 2.53 bits per heavy atom. The van der Waals surface area contributed by atoms with Gasteiger partial charge in [0.05, 0.1) is 15.5 Å². The number of hydrogen-bond donors (Lipinski definition) is 1. The van der Waals surface area contributed by atoms with Crippen molar-refractivity contribution in [3.8, 4) is 11.5 Å². The number of nitro benzene ring substituents is 1. The van der Waals surface area contributed by atoms with Crippen molar-refractivity contribution < 1.29 is 14.1 Å². The molecular weight excluding hydrogens is 453 g/mol. The number of amides is 1. The van der Waals surface area contributed by atoms with Crippen LogP contribution >= 0.6 is 23.2 Å². The Bertz CT molecular complexity index is 1360. The van der Waals surface area contributed by atoms with Gasteiger partial charge in [0, 0.05) is 17.3 Å². The number of carbonyl (C=O) groups excluding carboxylic acids is 1. The number of rotatable bonds is 5. The molecule has 9 heteroatoms. The number of halogens is 2. The summed E-state index contributed by atoms with van der Waals surface area (Å²) in [6.45, 7) is 4.20. The van der Waals surface area contributed by atoms with Crippen molar-refractivity contribution in [2.45, 2.75) is 19.8 Å². The molecule has 7 nitrogen and oxygen atoms in total. The van der Waals surface area contributed by atoms with E-state index in [4.69, 9.17) is 27.6 Å². The Labute approximate surface area is 193 Å². The van der Waals surface area contributed by atoms with Gasteiger partial charge in [0.15, 0.2) is 5.58 Å². The normalized spacial score (nSPS) is 11.2. The van der Waals surface area contributed by atoms with E-state index in [0.717, 1.165) is 11.6 Å². The Morgan fingerprint density at radius 1 is 1.06 bits per heavy atom. The average molecular weight is 470 g/mol. The lowest BCUT2D eigenvalue weighted by molar-refractivity contribution is -0.384. The van der Waals surface area contributed by atoms with Crippen LogP contribution in [-0.4, -0.2) is 15.8 Å². The van der Waals surface area contributed by atoms with Gasteiger partial charge in [-0.05, 0) is 53.9 Å². The van der Waals surface area contributed by atoms with E-state index >= 15 is 0 Å². The lowest BCUT2D eigenvalue weighted by Crippen LogP contribution is -2.12. The number of anilines is 1. The predicted molar refractivity (Wildman–Crippen MR) is 125 cm³/mol. The Hall–Kier alpha value is -3.42. The number of oxazole rings is 1. The van der Waals surface area contributed by atoms with E-state index in [1.54, 1.807) is 18.2 Å². The van der Waals surface area contributed by atoms with Crippen molar-refractivity contribution in [2.75, 3.05) is 5.32 Å². The number of nitrogens with zero attached hydrogens (tertiary/aromatic N) is 2. The van der Waals surface area contributed by atoms with Gasteiger partial charge in [0.25, 0.3) is 11.6 Å². The molecule has 0 spiro atoms. The number of carbonyl (C=O) groups is 1. The fourth-order valence-electron chi connectivity index (χ4n) is 3.18. The minimum absolute atomic E-state index is 0.0445. The zero-order chi connectivity index (χ0) is 23.0. The van der Waals surface area contributed by atoms with E-state index in [0.29, 0.717) is 39.2 Å². The van der Waals surface area contributed by atoms with Crippen LogP contribution in [0.3, 0.4) is 0 Å². The fraction of sp³-hybridized carbons (Fsp3) is 0.130. The van der Waals surface area contributed by atoms with Crippen LogP contribution in [0.1, 0.15) is 35.7 Å². The molecule has 1 amide bonds. The Kier molecular flexibility index (Phi) is 5.86. The number of fused-ring (bicyclic) bond motifs is 1. The molecule has 0 aliphatic rings. The molecule has 162 valence electrons. The van der Waals surface area contributed by atoms with Crippen molar-refractivity contribution >= 4 is 51.6 Å². The molecule has 0 bridgehead atoms. The first kappa shape index (κ1) is 21.8. The van der Waals surface area contributed by atoms with Gasteiger partial charge >= 0.3 is 0 Å². The predicted octanol–water partition coefficient (Wildman–Crippen LogP) is 7.09. The van der Waals surface area contributed by atoms with Crippen LogP contribution in [0.5, 0.6) is 0 Å². The first-order chi connectivity index (χ1) is 15.2. The van der Waals surface area contributed by atoms with Gasteiger partial charge in [-0.25, -0.2) is 4.98 Å². The summed E-state index contributed by atoms with van der Waals surface area (Å²) in [5.74, 6) is 0.145. The van der Waals surface area contributed by atoms with Crippen LogP contribution < -0.4 is 5.32 Å². The summed E-state index contributed by atoms with van der Waals surface area (Å²) in [6.07, 6.45) is 0. The molecule has 4 aromatic rings. The molecule has 0 saturated carbocycles. The van der Waals surface area contributed by atoms with Crippen LogP contribution in [0, 0.1) is 10.1 Å². The second kappa shape index (κ2) is 8.61. The summed E-state index contributed by atoms with van der Waals surface area (Å²) in [5, 5.41) is 14.1. The average Bonchev–Trinajstić information content (AvgIpc) is 3.18. The van der Waals surface area contributed by atoms with E-state index in [2.05, 4.69) is 24.1 Å². The summed E-state index contributed by atoms with van der Waals surface area (Å²) >= 11 is 12.2. The molecular formula is C23H17Cl2N3O4. The van der Waals surface area contributed by atoms with Crippen molar-refractivity contribution in [3.05, 3.63) is 85.9 Å². The van der Waals surface area contributed by atoms with Gasteiger partial charge in [0.1, 0.15) is 10.5 Å². The highest BCUT2D eigenvalue weighted by atomic mass is 35.5. The third-order valence-corrected chi connectivity index (χ3v) is 5.59. The molecule has 1 aromatic heterocycles. The third kappa shape index (κ3) is 4.30. The van der Waals surface area contributed by atoms with Gasteiger partial charge in [-0.1, -0.05) is 43.1 Å². The molecule has 0 saturated heterocycles. The summed E-state index contributed by atoms with van der Waals surface area (Å²) in [6, 6.07) is 14.6. The quantitative estimate of drug-likeness (QED) is 0.248. The largest absolute Gasteiger partial charge is 0.436 e. The number of aromatic nitrogens is 1. The number of nitrogens with one attached hydrogen (secondary N) is 1. The van der Waals surface area contributed by atoms with Crippen molar-refractivity contribution in [2.24, 2.45) is 0 Å². The SMILES string of the molecule is CC(C)c1ccc2oc(-c3cc(NC(=O)c4ccc(Cl)c([N+](=O)[O-])c4)ccc3Cl)nc2c1. The minimum Gasteiger partial charge on any atom is -0.436 e. The van der Waals surface area contributed by atoms with Gasteiger partial charge in [-0.15, -0.1) is 0 Å². The molecule has 0 unspecified atom stereocenters. The van der Waals surface area contributed by atoms with Crippen LogP contribution in [0.25, 0.3) is 22.6 Å². The van der Waals surface area contributed by atoms with E-state index < -0.39 is 10.8 Å². The van der Waals surface area contributed by atoms with E-state index in [-0.39, 0.29) is 16.3 Å². The Morgan fingerprint density at radius 2 is 1.81 bits per heavy atom. The maximum atomic E-state index is 12.6. The lowest BCUT2D eigenvalue weighted by Gasteiger charge is -2.08. The highest BCUT2D eigenvalue weighted by molar-refractivity contribution is 6.33. The van der Waals surface area contributed by atoms with Gasteiger partial charge in [-0.3, -0.25) is 14.9 Å². The topological polar surface area (TPSA) is 98.3 Å². The monoisotopic (exact) mass is 469 g/mol. The number of hydrogen-bond acceptors (Lipinski definition) is 5. The molecule has 1 N–H and O–H groups in total. The maximum Gasteiger partial charge on any atom is 0.288 e. The third-order valence-electron chi connectivity index (χ3n) is 4.94. The van der Waals surface area contributed by atoms with Crippen LogP contribution in [0.4, 0.5) is 11.4 Å². The van der Waals surface area contributed by atoms with Crippen molar-refractivity contribution in [3.63, 3.8) is 0 Å². The molecule has 0 aliphatic carbocycles. The highest BCUT2D eigenvalue weighted by Gasteiger charge is 2.18. The smallest absolute Gasteiger partial charge is 0.288 e. The second-order valence-electron chi connectivity index (χ2n) is 7.47. The molecule has 0 fully saturated rings. The first-order valence-electron chi connectivity index (χ1n) is 9.68. The summed E-state index contributed by atoms with van der Waals surface area (Å²) < 4.78 is 5.87. The number of nitro groups is 1. The van der Waals surface area contributed by atoms with E-state index in [1.165, 1.54) is 12.1 Å². The van der Waals surface area contributed by atoms with Crippen LogP contribution in [-0.2, 0) is 0 Å². The van der Waals surface area contributed by atoms with Crippen LogP contribution in [0.2, 0.25) is 10.0 Å². The molecule has 4 rings (SSSR count). The van der Waals surface area contributed by atoms with Gasteiger partial charge in [0.2, 0.25) is 5.89 Å². The summed E-state index contributed by atoms with van der Waals surface area (Å²) in [7, 11) is 0. The minimum atomic E-state index is -0.641. The van der Waals surface area contributed by atoms with Gasteiger partial charge < -0.3 is 9.73 Å². The number of benzene rings is 3. The zero-order valence-electron chi connectivity index (χ0n) is 17.1. The maximum absolute atomic E-state index is 12.6. The first-order valence-corrected chi connectivity index (χ1v) is 10.4. The lowest BCUT2D eigenvalue weighted by atomic mass is 10.0. The van der Waals surface area contributed by atoms with Crippen molar-refractivity contribution in [1.29, 1.82) is 0 Å². The highest BCUT2D eigenvalue weighted by Crippen LogP contribution is 2.33. The van der Waals surface area contributed by atoms with Crippen LogP contribution in [0.15, 0.2) is 59.0 Å². The van der Waals surface area contributed by atoms with E-state index in [1.807, 2.05) is 18.2 Å². The fourth-order valence-corrected chi connectivity index (χ4v) is 3.57. The molecule has 3 aromatic carbocycles.